The molecule has 0 aromatic heterocycles. The molecular formula is C15H21F2NO. The van der Waals surface area contributed by atoms with E-state index in [1.54, 1.807) is 18.2 Å². The zero-order valence-electron chi connectivity index (χ0n) is 11.4. The summed E-state index contributed by atoms with van der Waals surface area (Å²) in [4.78, 5) is 0. The van der Waals surface area contributed by atoms with Crippen molar-refractivity contribution in [2.75, 3.05) is 5.32 Å². The van der Waals surface area contributed by atoms with E-state index in [0.717, 1.165) is 24.4 Å². The van der Waals surface area contributed by atoms with Crippen molar-refractivity contribution in [2.24, 2.45) is 11.8 Å². The molecule has 1 saturated carbocycles. The molecule has 1 aromatic carbocycles. The van der Waals surface area contributed by atoms with Gasteiger partial charge >= 0.3 is 6.61 Å². The minimum absolute atomic E-state index is 0.206. The average Bonchev–Trinajstić information content (AvgIpc) is 2.33. The number of alkyl halides is 2. The average molecular weight is 269 g/mol. The van der Waals surface area contributed by atoms with Gasteiger partial charge in [0.25, 0.3) is 0 Å². The summed E-state index contributed by atoms with van der Waals surface area (Å²) in [6.07, 6.45) is 3.47. The zero-order valence-corrected chi connectivity index (χ0v) is 11.4. The molecule has 4 heteroatoms. The summed E-state index contributed by atoms with van der Waals surface area (Å²) in [6.45, 7) is 1.79. The molecule has 2 nitrogen and oxygen atoms in total. The second-order valence-corrected chi connectivity index (χ2v) is 5.52. The fourth-order valence-corrected chi connectivity index (χ4v) is 2.68. The molecule has 19 heavy (non-hydrogen) atoms. The van der Waals surface area contributed by atoms with Gasteiger partial charge in [0, 0.05) is 17.8 Å². The van der Waals surface area contributed by atoms with Gasteiger partial charge in [0.05, 0.1) is 0 Å². The van der Waals surface area contributed by atoms with Gasteiger partial charge < -0.3 is 10.1 Å². The highest BCUT2D eigenvalue weighted by Crippen LogP contribution is 2.31. The molecule has 2 rings (SSSR count). The van der Waals surface area contributed by atoms with E-state index >= 15 is 0 Å². The van der Waals surface area contributed by atoms with Crippen LogP contribution in [0.5, 0.6) is 5.75 Å². The molecule has 1 fully saturated rings. The van der Waals surface area contributed by atoms with Crippen molar-refractivity contribution in [3.8, 4) is 5.75 Å². The van der Waals surface area contributed by atoms with Crippen LogP contribution in [0.4, 0.5) is 14.5 Å². The van der Waals surface area contributed by atoms with Crippen LogP contribution in [-0.2, 0) is 0 Å². The first-order valence-corrected chi connectivity index (χ1v) is 6.86. The Morgan fingerprint density at radius 1 is 1.21 bits per heavy atom. The molecular weight excluding hydrogens is 248 g/mol. The normalized spacial score (nSPS) is 27.3. The number of hydrogen-bond donors (Lipinski definition) is 1. The van der Waals surface area contributed by atoms with Crippen LogP contribution in [0.2, 0.25) is 0 Å². The molecule has 1 aliphatic rings. The van der Waals surface area contributed by atoms with E-state index in [-0.39, 0.29) is 5.75 Å². The SMILES string of the molecule is CC1CCC(Nc2cccc(OC(F)F)c2)CC1C. The summed E-state index contributed by atoms with van der Waals surface area (Å²) in [5, 5.41) is 3.42. The summed E-state index contributed by atoms with van der Waals surface area (Å²) in [5.74, 6) is 1.68. The van der Waals surface area contributed by atoms with Crippen LogP contribution < -0.4 is 10.1 Å². The van der Waals surface area contributed by atoms with Crippen LogP contribution in [0.1, 0.15) is 33.1 Å². The number of halogens is 2. The Hall–Kier alpha value is -1.32. The minimum Gasteiger partial charge on any atom is -0.435 e. The number of nitrogens with one attached hydrogen (secondary N) is 1. The Bertz CT molecular complexity index is 411. The molecule has 0 aliphatic heterocycles. The Morgan fingerprint density at radius 3 is 2.68 bits per heavy atom. The maximum Gasteiger partial charge on any atom is 0.387 e. The van der Waals surface area contributed by atoms with E-state index < -0.39 is 6.61 Å². The Balaban J connectivity index is 1.95. The smallest absolute Gasteiger partial charge is 0.387 e. The fourth-order valence-electron chi connectivity index (χ4n) is 2.68. The lowest BCUT2D eigenvalue weighted by Gasteiger charge is -2.33. The van der Waals surface area contributed by atoms with Crippen molar-refractivity contribution < 1.29 is 13.5 Å². The molecule has 106 valence electrons. The lowest BCUT2D eigenvalue weighted by molar-refractivity contribution is -0.0498. The molecule has 0 amide bonds. The topological polar surface area (TPSA) is 21.3 Å². The van der Waals surface area contributed by atoms with Gasteiger partial charge in [-0.25, -0.2) is 0 Å². The van der Waals surface area contributed by atoms with E-state index in [4.69, 9.17) is 0 Å². The highest BCUT2D eigenvalue weighted by atomic mass is 19.3. The number of hydrogen-bond acceptors (Lipinski definition) is 2. The van der Waals surface area contributed by atoms with E-state index in [0.29, 0.717) is 12.0 Å². The van der Waals surface area contributed by atoms with Crippen molar-refractivity contribution in [2.45, 2.75) is 45.8 Å². The summed E-state index contributed by atoms with van der Waals surface area (Å²) in [7, 11) is 0. The van der Waals surface area contributed by atoms with Crippen LogP contribution in [0.3, 0.4) is 0 Å². The number of ether oxygens (including phenoxy) is 1. The number of benzene rings is 1. The summed E-state index contributed by atoms with van der Waals surface area (Å²) >= 11 is 0. The van der Waals surface area contributed by atoms with Crippen molar-refractivity contribution in [1.29, 1.82) is 0 Å². The summed E-state index contributed by atoms with van der Waals surface area (Å²) < 4.78 is 28.7. The predicted molar refractivity (Wildman–Crippen MR) is 72.7 cm³/mol. The number of anilines is 1. The molecule has 0 spiro atoms. The van der Waals surface area contributed by atoms with Gasteiger partial charge in [-0.15, -0.1) is 0 Å². The quantitative estimate of drug-likeness (QED) is 0.867. The summed E-state index contributed by atoms with van der Waals surface area (Å²) in [5.41, 5.74) is 0.852. The van der Waals surface area contributed by atoms with Gasteiger partial charge in [0.15, 0.2) is 0 Å². The highest BCUT2D eigenvalue weighted by Gasteiger charge is 2.24. The molecule has 0 radical (unpaired) electrons. The Morgan fingerprint density at radius 2 is 2.00 bits per heavy atom. The van der Waals surface area contributed by atoms with Crippen molar-refractivity contribution in [3.63, 3.8) is 0 Å². The first-order chi connectivity index (χ1) is 9.04. The van der Waals surface area contributed by atoms with Gasteiger partial charge in [-0.1, -0.05) is 19.9 Å². The van der Waals surface area contributed by atoms with Gasteiger partial charge in [0.2, 0.25) is 0 Å². The van der Waals surface area contributed by atoms with Crippen LogP contribution in [-0.4, -0.2) is 12.7 Å². The number of rotatable bonds is 4. The van der Waals surface area contributed by atoms with Gasteiger partial charge in [0.1, 0.15) is 5.75 Å². The summed E-state index contributed by atoms with van der Waals surface area (Å²) in [6, 6.07) is 7.22. The van der Waals surface area contributed by atoms with Crippen molar-refractivity contribution in [1.82, 2.24) is 0 Å². The Labute approximate surface area is 113 Å². The van der Waals surface area contributed by atoms with E-state index in [9.17, 15) is 8.78 Å². The monoisotopic (exact) mass is 269 g/mol. The van der Waals surface area contributed by atoms with E-state index in [1.807, 2.05) is 6.07 Å². The standard InChI is InChI=1S/C15H21F2NO/c1-10-6-7-13(8-11(10)2)18-12-4-3-5-14(9-12)19-15(16)17/h3-5,9-11,13,15,18H,6-8H2,1-2H3. The molecule has 0 bridgehead atoms. The third-order valence-corrected chi connectivity index (χ3v) is 4.03. The first-order valence-electron chi connectivity index (χ1n) is 6.86. The minimum atomic E-state index is -2.77. The zero-order chi connectivity index (χ0) is 13.8. The molecule has 1 aliphatic carbocycles. The van der Waals surface area contributed by atoms with Crippen LogP contribution in [0.15, 0.2) is 24.3 Å². The molecule has 0 heterocycles. The highest BCUT2D eigenvalue weighted by molar-refractivity contribution is 5.48. The molecule has 3 unspecified atom stereocenters. The maximum atomic E-state index is 12.2. The largest absolute Gasteiger partial charge is 0.435 e. The first kappa shape index (κ1) is 14.1. The fraction of sp³-hybridized carbons (Fsp3) is 0.600. The second-order valence-electron chi connectivity index (χ2n) is 5.52. The van der Waals surface area contributed by atoms with Crippen LogP contribution in [0.25, 0.3) is 0 Å². The van der Waals surface area contributed by atoms with Crippen molar-refractivity contribution in [3.05, 3.63) is 24.3 Å². The predicted octanol–water partition coefficient (Wildman–Crippen LogP) is 4.52. The lowest BCUT2D eigenvalue weighted by Crippen LogP contribution is -2.30. The van der Waals surface area contributed by atoms with Gasteiger partial charge in [-0.3, -0.25) is 0 Å². The Kier molecular flexibility index (Phi) is 4.61. The molecule has 0 saturated heterocycles. The molecule has 1 N–H and O–H groups in total. The third-order valence-electron chi connectivity index (χ3n) is 4.03. The van der Waals surface area contributed by atoms with Gasteiger partial charge in [-0.2, -0.15) is 8.78 Å². The molecule has 1 aromatic rings. The van der Waals surface area contributed by atoms with E-state index in [2.05, 4.69) is 23.9 Å². The van der Waals surface area contributed by atoms with E-state index in [1.165, 1.54) is 6.42 Å². The lowest BCUT2D eigenvalue weighted by atomic mass is 9.79. The van der Waals surface area contributed by atoms with Crippen molar-refractivity contribution >= 4 is 5.69 Å². The molecule has 3 atom stereocenters. The second kappa shape index (κ2) is 6.22. The van der Waals surface area contributed by atoms with Crippen LogP contribution in [0, 0.1) is 11.8 Å². The van der Waals surface area contributed by atoms with Gasteiger partial charge in [-0.05, 0) is 43.2 Å². The van der Waals surface area contributed by atoms with Crippen LogP contribution >= 0.6 is 0 Å². The maximum absolute atomic E-state index is 12.2. The third kappa shape index (κ3) is 4.08.